The fourth-order valence-corrected chi connectivity index (χ4v) is 3.11. The maximum absolute atomic E-state index is 12.2. The summed E-state index contributed by atoms with van der Waals surface area (Å²) in [6, 6.07) is 14.9. The highest BCUT2D eigenvalue weighted by molar-refractivity contribution is 7.13. The number of nitrogens with one attached hydrogen (secondary N) is 1. The molecule has 0 fully saturated rings. The van der Waals surface area contributed by atoms with Gasteiger partial charge >= 0.3 is 0 Å². The number of carbonyl (C=O) groups excluding carboxylic acids is 1. The van der Waals surface area contributed by atoms with Crippen LogP contribution < -0.4 is 5.32 Å². The zero-order valence-electron chi connectivity index (χ0n) is 11.6. The fraction of sp³-hybridized carbons (Fsp3) is 0.0588. The topological polar surface area (TPSA) is 42.0 Å². The Kier molecular flexibility index (Phi) is 4.51. The van der Waals surface area contributed by atoms with Crippen LogP contribution in [0.25, 0.3) is 10.6 Å². The predicted molar refractivity (Wildman–Crippen MR) is 90.2 cm³/mol. The minimum absolute atomic E-state index is 0.188. The van der Waals surface area contributed by atoms with Crippen LogP contribution in [-0.4, -0.2) is 10.9 Å². The van der Waals surface area contributed by atoms with E-state index >= 15 is 0 Å². The van der Waals surface area contributed by atoms with Crippen molar-refractivity contribution >= 4 is 28.8 Å². The molecule has 1 N–H and O–H groups in total. The van der Waals surface area contributed by atoms with E-state index in [1.807, 2.05) is 29.6 Å². The van der Waals surface area contributed by atoms with Crippen molar-refractivity contribution in [2.45, 2.75) is 6.54 Å². The molecule has 1 aromatic carbocycles. The number of hydrogen-bond donors (Lipinski definition) is 1. The second-order valence-corrected chi connectivity index (χ2v) is 6.01. The van der Waals surface area contributed by atoms with Gasteiger partial charge in [-0.3, -0.25) is 9.78 Å². The van der Waals surface area contributed by atoms with Crippen molar-refractivity contribution in [2.24, 2.45) is 0 Å². The molecule has 0 aliphatic carbocycles. The third-order valence-corrected chi connectivity index (χ3v) is 4.41. The molecule has 0 saturated heterocycles. The van der Waals surface area contributed by atoms with Gasteiger partial charge < -0.3 is 5.32 Å². The third-order valence-electron chi connectivity index (χ3n) is 3.20. The van der Waals surface area contributed by atoms with Gasteiger partial charge in [0.15, 0.2) is 0 Å². The van der Waals surface area contributed by atoms with Crippen molar-refractivity contribution in [1.82, 2.24) is 10.3 Å². The molecule has 3 rings (SSSR count). The fourth-order valence-electron chi connectivity index (χ4n) is 2.13. The lowest BCUT2D eigenvalue weighted by molar-refractivity contribution is 0.0951. The van der Waals surface area contributed by atoms with E-state index in [4.69, 9.17) is 11.6 Å². The largest absolute Gasteiger partial charge is 0.348 e. The first kappa shape index (κ1) is 14.8. The summed E-state index contributed by atoms with van der Waals surface area (Å²) >= 11 is 7.67. The molecular formula is C17H13ClN2OS. The summed E-state index contributed by atoms with van der Waals surface area (Å²) in [5.74, 6) is -0.188. The minimum Gasteiger partial charge on any atom is -0.348 e. The molecule has 110 valence electrons. The van der Waals surface area contributed by atoms with Crippen LogP contribution in [0.3, 0.4) is 0 Å². The summed E-state index contributed by atoms with van der Waals surface area (Å²) in [7, 11) is 0. The Labute approximate surface area is 137 Å². The van der Waals surface area contributed by atoms with Crippen LogP contribution >= 0.6 is 22.9 Å². The van der Waals surface area contributed by atoms with Gasteiger partial charge in [0.25, 0.3) is 5.91 Å². The van der Waals surface area contributed by atoms with Crippen LogP contribution in [0, 0.1) is 0 Å². The molecule has 1 amide bonds. The normalized spacial score (nSPS) is 10.4. The standard InChI is InChI=1S/C17H13ClN2OS/c18-14-7-2-1-6-13(14)17(21)20-11-12-5-3-9-19-16(12)15-8-4-10-22-15/h1-10H,11H2,(H,20,21). The van der Waals surface area contributed by atoms with E-state index in [0.717, 1.165) is 16.1 Å². The van der Waals surface area contributed by atoms with Gasteiger partial charge in [0, 0.05) is 12.7 Å². The molecule has 0 aliphatic heterocycles. The highest BCUT2D eigenvalue weighted by Crippen LogP contribution is 2.25. The van der Waals surface area contributed by atoms with Crippen LogP contribution in [0.15, 0.2) is 60.1 Å². The van der Waals surface area contributed by atoms with E-state index in [-0.39, 0.29) is 5.91 Å². The molecule has 0 aliphatic rings. The molecule has 2 heterocycles. The molecular weight excluding hydrogens is 316 g/mol. The van der Waals surface area contributed by atoms with E-state index in [1.165, 1.54) is 0 Å². The van der Waals surface area contributed by atoms with Crippen molar-refractivity contribution in [3.05, 3.63) is 76.3 Å². The SMILES string of the molecule is O=C(NCc1cccnc1-c1cccs1)c1ccccc1Cl. The Morgan fingerprint density at radius 2 is 2.00 bits per heavy atom. The monoisotopic (exact) mass is 328 g/mol. The van der Waals surface area contributed by atoms with Gasteiger partial charge in [-0.15, -0.1) is 11.3 Å². The number of hydrogen-bond acceptors (Lipinski definition) is 3. The van der Waals surface area contributed by atoms with Crippen molar-refractivity contribution in [3.8, 4) is 10.6 Å². The lowest BCUT2D eigenvalue weighted by Crippen LogP contribution is -2.23. The maximum Gasteiger partial charge on any atom is 0.253 e. The summed E-state index contributed by atoms with van der Waals surface area (Å²) in [6.45, 7) is 0.408. The summed E-state index contributed by atoms with van der Waals surface area (Å²) in [5, 5.41) is 5.36. The van der Waals surface area contributed by atoms with Gasteiger partial charge in [-0.05, 0) is 35.2 Å². The Bertz CT molecular complexity index is 787. The number of benzene rings is 1. The van der Waals surface area contributed by atoms with E-state index in [1.54, 1.807) is 41.8 Å². The second kappa shape index (κ2) is 6.73. The average molecular weight is 329 g/mol. The van der Waals surface area contributed by atoms with E-state index < -0.39 is 0 Å². The van der Waals surface area contributed by atoms with Gasteiger partial charge in [-0.2, -0.15) is 0 Å². The summed E-state index contributed by atoms with van der Waals surface area (Å²) < 4.78 is 0. The molecule has 3 nitrogen and oxygen atoms in total. The first-order valence-corrected chi connectivity index (χ1v) is 8.02. The van der Waals surface area contributed by atoms with Gasteiger partial charge in [-0.1, -0.05) is 35.9 Å². The first-order valence-electron chi connectivity index (χ1n) is 6.76. The van der Waals surface area contributed by atoms with Crippen LogP contribution in [0.4, 0.5) is 0 Å². The quantitative estimate of drug-likeness (QED) is 0.771. The Morgan fingerprint density at radius 3 is 2.77 bits per heavy atom. The lowest BCUT2D eigenvalue weighted by atomic mass is 10.1. The molecule has 22 heavy (non-hydrogen) atoms. The second-order valence-electron chi connectivity index (χ2n) is 4.65. The van der Waals surface area contributed by atoms with E-state index in [0.29, 0.717) is 17.1 Å². The molecule has 0 bridgehead atoms. The molecule has 0 atom stereocenters. The van der Waals surface area contributed by atoms with Crippen LogP contribution in [0.1, 0.15) is 15.9 Å². The Hall–Kier alpha value is -2.17. The minimum atomic E-state index is -0.188. The maximum atomic E-state index is 12.2. The highest BCUT2D eigenvalue weighted by atomic mass is 35.5. The number of nitrogens with zero attached hydrogens (tertiary/aromatic N) is 1. The van der Waals surface area contributed by atoms with Gasteiger partial charge in [0.2, 0.25) is 0 Å². The number of halogens is 1. The Balaban J connectivity index is 1.78. The molecule has 0 unspecified atom stereocenters. The molecule has 2 aromatic heterocycles. The highest BCUT2D eigenvalue weighted by Gasteiger charge is 2.11. The van der Waals surface area contributed by atoms with E-state index in [2.05, 4.69) is 10.3 Å². The Morgan fingerprint density at radius 1 is 1.14 bits per heavy atom. The molecule has 5 heteroatoms. The lowest BCUT2D eigenvalue weighted by Gasteiger charge is -2.09. The van der Waals surface area contributed by atoms with Gasteiger partial charge in [0.05, 0.1) is 21.2 Å². The first-order chi connectivity index (χ1) is 10.8. The summed E-state index contributed by atoms with van der Waals surface area (Å²) in [6.07, 6.45) is 1.76. The number of pyridine rings is 1. The zero-order chi connectivity index (χ0) is 15.4. The third kappa shape index (κ3) is 3.18. The number of amides is 1. The number of carbonyl (C=O) groups is 1. The van der Waals surface area contributed by atoms with Gasteiger partial charge in [-0.25, -0.2) is 0 Å². The molecule has 0 spiro atoms. The number of thiophene rings is 1. The van der Waals surface area contributed by atoms with Crippen LogP contribution in [0.2, 0.25) is 5.02 Å². The molecule has 0 saturated carbocycles. The van der Waals surface area contributed by atoms with Crippen molar-refractivity contribution in [1.29, 1.82) is 0 Å². The average Bonchev–Trinajstić information content (AvgIpc) is 3.07. The molecule has 0 radical (unpaired) electrons. The predicted octanol–water partition coefficient (Wildman–Crippen LogP) is 4.39. The number of rotatable bonds is 4. The van der Waals surface area contributed by atoms with Crippen molar-refractivity contribution < 1.29 is 4.79 Å². The smallest absolute Gasteiger partial charge is 0.253 e. The number of aromatic nitrogens is 1. The summed E-state index contributed by atoms with van der Waals surface area (Å²) in [4.78, 5) is 17.7. The van der Waals surface area contributed by atoms with Crippen molar-refractivity contribution in [2.75, 3.05) is 0 Å². The van der Waals surface area contributed by atoms with Crippen LogP contribution in [0.5, 0.6) is 0 Å². The van der Waals surface area contributed by atoms with Crippen molar-refractivity contribution in [3.63, 3.8) is 0 Å². The van der Waals surface area contributed by atoms with E-state index in [9.17, 15) is 4.79 Å². The molecule has 3 aromatic rings. The van der Waals surface area contributed by atoms with Crippen LogP contribution in [-0.2, 0) is 6.54 Å². The zero-order valence-corrected chi connectivity index (χ0v) is 13.2. The van der Waals surface area contributed by atoms with Gasteiger partial charge in [0.1, 0.15) is 0 Å². The summed E-state index contributed by atoms with van der Waals surface area (Å²) in [5.41, 5.74) is 2.35.